The van der Waals surface area contributed by atoms with Gasteiger partial charge in [-0.1, -0.05) is 60.7 Å². The van der Waals surface area contributed by atoms with E-state index in [4.69, 9.17) is 4.98 Å². The number of aromatic nitrogens is 2. The minimum Gasteiger partial charge on any atom is -0.350 e. The molecule has 7 heteroatoms. The van der Waals surface area contributed by atoms with Gasteiger partial charge in [0.2, 0.25) is 11.5 Å². The molecule has 2 aliphatic rings. The third-order valence-corrected chi connectivity index (χ3v) is 9.14. The molecule has 172 valence electrons. The summed E-state index contributed by atoms with van der Waals surface area (Å²) in [6.45, 7) is 4.98. The van der Waals surface area contributed by atoms with Gasteiger partial charge in [-0.2, -0.15) is 0 Å². The Morgan fingerprint density at radius 3 is 2.56 bits per heavy atom. The van der Waals surface area contributed by atoms with Crippen molar-refractivity contribution in [3.63, 3.8) is 0 Å². The average molecular weight is 468 g/mol. The third-order valence-electron chi connectivity index (χ3n) is 6.45. The summed E-state index contributed by atoms with van der Waals surface area (Å²) in [6.07, 6.45) is 3.89. The molecule has 34 heavy (non-hydrogen) atoms. The minimum absolute atomic E-state index is 0.258. The van der Waals surface area contributed by atoms with E-state index in [-0.39, 0.29) is 5.53 Å². The van der Waals surface area contributed by atoms with Crippen LogP contribution < -0.4 is 5.32 Å². The van der Waals surface area contributed by atoms with Crippen LogP contribution in [0.2, 0.25) is 6.04 Å². The van der Waals surface area contributed by atoms with Gasteiger partial charge in [-0.15, -0.1) is 0 Å². The number of amides is 1. The monoisotopic (exact) mass is 467 g/mol. The first-order valence-electron chi connectivity index (χ1n) is 11.7. The Kier molecular flexibility index (Phi) is 6.47. The Bertz CT molecular complexity index is 1260. The summed E-state index contributed by atoms with van der Waals surface area (Å²) in [5, 5.41) is 4.62. The van der Waals surface area contributed by atoms with Gasteiger partial charge in [0.05, 0.1) is 12.2 Å². The van der Waals surface area contributed by atoms with Crippen molar-refractivity contribution in [3.05, 3.63) is 94.9 Å². The van der Waals surface area contributed by atoms with Crippen LogP contribution in [0.15, 0.2) is 72.6 Å². The van der Waals surface area contributed by atoms with Gasteiger partial charge in [-0.05, 0) is 48.9 Å². The van der Waals surface area contributed by atoms with Crippen LogP contribution in [0.5, 0.6) is 0 Å². The molecule has 3 heterocycles. The van der Waals surface area contributed by atoms with E-state index in [1.165, 1.54) is 16.3 Å². The number of nitrogens with one attached hydrogen (secondary N) is 1. The number of anilines is 1. The molecular formula is C27H29N5OSi. The second-order valence-corrected chi connectivity index (χ2v) is 11.4. The number of fused-ring (bicyclic) bond motifs is 1. The molecule has 3 aromatic rings. The predicted octanol–water partition coefficient (Wildman–Crippen LogP) is 4.21. The maximum Gasteiger partial charge on any atom is 0.223 e. The Morgan fingerprint density at radius 1 is 1.06 bits per heavy atom. The van der Waals surface area contributed by atoms with Gasteiger partial charge in [0, 0.05) is 30.5 Å². The number of carbonyl (C=O) groups is 1. The van der Waals surface area contributed by atoms with Gasteiger partial charge in [0.1, 0.15) is 8.41 Å². The highest BCUT2D eigenvalue weighted by Crippen LogP contribution is 2.25. The van der Waals surface area contributed by atoms with Crippen molar-refractivity contribution in [2.24, 2.45) is 0 Å². The van der Waals surface area contributed by atoms with Gasteiger partial charge >= 0.3 is 0 Å². The van der Waals surface area contributed by atoms with Gasteiger partial charge < -0.3 is 15.1 Å². The Hall–Kier alpha value is -3.42. The van der Waals surface area contributed by atoms with Gasteiger partial charge in [-0.3, -0.25) is 4.79 Å². The molecule has 0 radical (unpaired) electrons. The molecule has 0 atom stereocenters. The highest BCUT2D eigenvalue weighted by molar-refractivity contribution is 6.97. The standard InChI is InChI=1S/C27H29N5OSi/c1-20-15-23-17-29-26(28-16-21-9-5-3-6-10-21)30-24(23)18-32(20)27(33)34-14-13-31(2)19-25(34)22-11-7-4-8-12-22/h3-12,15,17H,13-14,16,18-19H2,1-2H3,(H,28,29,30). The van der Waals surface area contributed by atoms with E-state index in [1.807, 2.05) is 48.4 Å². The predicted molar refractivity (Wildman–Crippen MR) is 139 cm³/mol. The normalized spacial score (nSPS) is 16.2. The summed E-state index contributed by atoms with van der Waals surface area (Å²) in [6, 6.07) is 21.5. The van der Waals surface area contributed by atoms with Gasteiger partial charge in [-0.25, -0.2) is 9.97 Å². The number of allylic oxidation sites excluding steroid dienone is 1. The first-order valence-corrected chi connectivity index (χ1v) is 13.4. The average Bonchev–Trinajstić information content (AvgIpc) is 2.88. The molecule has 1 aromatic heterocycles. The summed E-state index contributed by atoms with van der Waals surface area (Å²) in [7, 11) is 0.759. The van der Waals surface area contributed by atoms with E-state index in [2.05, 4.69) is 58.6 Å². The molecule has 0 spiro atoms. The quantitative estimate of drug-likeness (QED) is 0.570. The molecule has 0 fully saturated rings. The lowest BCUT2D eigenvalue weighted by Crippen LogP contribution is -2.47. The summed E-state index contributed by atoms with van der Waals surface area (Å²) < 4.78 is 0. The van der Waals surface area contributed by atoms with Crippen molar-refractivity contribution in [3.8, 4) is 0 Å². The fourth-order valence-corrected chi connectivity index (χ4v) is 7.48. The maximum atomic E-state index is 13.9. The molecule has 1 amide bonds. The molecule has 0 aliphatic carbocycles. The third kappa shape index (κ3) is 4.76. The summed E-state index contributed by atoms with van der Waals surface area (Å²) in [4.78, 5) is 27.4. The fourth-order valence-electron chi connectivity index (χ4n) is 4.55. The molecule has 0 bridgehead atoms. The highest BCUT2D eigenvalue weighted by atomic mass is 28.2. The van der Waals surface area contributed by atoms with Crippen LogP contribution in [0.3, 0.4) is 0 Å². The van der Waals surface area contributed by atoms with Crippen LogP contribution in [-0.2, 0) is 13.1 Å². The number of hydrogen-bond acceptors (Lipinski definition) is 5. The molecular weight excluding hydrogens is 438 g/mol. The largest absolute Gasteiger partial charge is 0.350 e. The Morgan fingerprint density at radius 2 is 1.79 bits per heavy atom. The van der Waals surface area contributed by atoms with Crippen LogP contribution in [-0.4, -0.2) is 59.0 Å². The molecule has 5 rings (SSSR count). The Balaban J connectivity index is 1.40. The summed E-state index contributed by atoms with van der Waals surface area (Å²) >= 11 is 0. The number of carbonyl (C=O) groups excluding carboxylic acids is 1. The SMILES string of the molecule is CC1=Cc2cnc(NCc3ccccc3)nc2CN1C(=O)[Si]1=C(c2ccccc2)CN(C)CC1. The molecule has 2 aromatic carbocycles. The number of likely N-dealkylation sites (N-methyl/N-ethyl adjacent to an activating group) is 1. The minimum atomic E-state index is -1.38. The van der Waals surface area contributed by atoms with Crippen molar-refractivity contribution in [2.45, 2.75) is 26.1 Å². The van der Waals surface area contributed by atoms with Crippen molar-refractivity contribution in [1.82, 2.24) is 19.8 Å². The zero-order valence-electron chi connectivity index (χ0n) is 19.7. The first kappa shape index (κ1) is 22.4. The zero-order chi connectivity index (χ0) is 23.5. The van der Waals surface area contributed by atoms with E-state index < -0.39 is 8.41 Å². The van der Waals surface area contributed by atoms with Gasteiger partial charge in [0.15, 0.2) is 0 Å². The van der Waals surface area contributed by atoms with E-state index in [0.717, 1.165) is 36.1 Å². The lowest BCUT2D eigenvalue weighted by Gasteiger charge is -2.32. The lowest BCUT2D eigenvalue weighted by molar-refractivity contribution is 0.230. The fraction of sp³-hybridized carbons (Fsp3) is 0.259. The maximum absolute atomic E-state index is 13.9. The molecule has 0 unspecified atom stereocenters. The van der Waals surface area contributed by atoms with Crippen molar-refractivity contribution in [2.75, 3.05) is 25.5 Å². The van der Waals surface area contributed by atoms with Crippen molar-refractivity contribution in [1.29, 1.82) is 0 Å². The van der Waals surface area contributed by atoms with Crippen molar-refractivity contribution >= 4 is 31.1 Å². The van der Waals surface area contributed by atoms with Crippen LogP contribution in [0.25, 0.3) is 6.08 Å². The van der Waals surface area contributed by atoms with E-state index >= 15 is 0 Å². The molecule has 6 nitrogen and oxygen atoms in total. The van der Waals surface area contributed by atoms with Gasteiger partial charge in [0.25, 0.3) is 0 Å². The summed E-state index contributed by atoms with van der Waals surface area (Å²) in [5.74, 6) is 0.591. The van der Waals surface area contributed by atoms with Crippen LogP contribution in [0, 0.1) is 0 Å². The molecule has 1 N–H and O–H groups in total. The molecule has 0 saturated carbocycles. The second-order valence-electron chi connectivity index (χ2n) is 8.92. The number of hydrogen-bond donors (Lipinski definition) is 1. The summed E-state index contributed by atoms with van der Waals surface area (Å²) in [5.41, 5.74) is 5.47. The second kappa shape index (κ2) is 9.83. The smallest absolute Gasteiger partial charge is 0.223 e. The topological polar surface area (TPSA) is 61.4 Å². The number of nitrogens with zero attached hydrogens (tertiary/aromatic N) is 4. The van der Waals surface area contributed by atoms with Crippen molar-refractivity contribution < 1.29 is 4.79 Å². The Labute approximate surface area is 202 Å². The van der Waals surface area contributed by atoms with E-state index in [1.54, 1.807) is 0 Å². The van der Waals surface area contributed by atoms with E-state index in [9.17, 15) is 4.79 Å². The number of benzene rings is 2. The van der Waals surface area contributed by atoms with Crippen LogP contribution >= 0.6 is 0 Å². The van der Waals surface area contributed by atoms with Crippen LogP contribution in [0.4, 0.5) is 10.7 Å². The zero-order valence-corrected chi connectivity index (χ0v) is 20.7. The van der Waals surface area contributed by atoms with E-state index in [0.29, 0.717) is 19.0 Å². The molecule has 2 aliphatic heterocycles. The molecule has 0 saturated heterocycles. The van der Waals surface area contributed by atoms with Crippen LogP contribution in [0.1, 0.15) is 29.3 Å². The first-order chi connectivity index (χ1) is 16.6. The lowest BCUT2D eigenvalue weighted by atomic mass is 10.1. The number of rotatable bonds is 5. The highest BCUT2D eigenvalue weighted by Gasteiger charge is 2.30.